The summed E-state index contributed by atoms with van der Waals surface area (Å²) in [6, 6.07) is 10.7. The van der Waals surface area contributed by atoms with Gasteiger partial charge in [0.2, 0.25) is 0 Å². The largest absolute Gasteiger partial charge is 0.379 e. The number of nitrogens with zero attached hydrogens (tertiary/aromatic N) is 3. The highest BCUT2D eigenvalue weighted by Crippen LogP contribution is 2.32. The normalized spacial score (nSPS) is 17.4. The summed E-state index contributed by atoms with van der Waals surface area (Å²) in [5, 5.41) is 19.5. The van der Waals surface area contributed by atoms with Crippen LogP contribution >= 0.6 is 11.6 Å². The Bertz CT molecular complexity index is 1360. The van der Waals surface area contributed by atoms with Crippen LogP contribution in [0.25, 0.3) is 10.9 Å². The Balaban J connectivity index is 1.78. The summed E-state index contributed by atoms with van der Waals surface area (Å²) >= 11 is 6.17. The number of nitrogens with one attached hydrogen (secondary N) is 3. The van der Waals surface area contributed by atoms with Crippen molar-refractivity contribution < 1.29 is 9.53 Å². The van der Waals surface area contributed by atoms with E-state index in [-0.39, 0.29) is 34.1 Å². The van der Waals surface area contributed by atoms with Crippen molar-refractivity contribution in [2.24, 2.45) is 7.05 Å². The molecule has 3 N–H and O–H groups in total. The van der Waals surface area contributed by atoms with Gasteiger partial charge in [-0.1, -0.05) is 11.6 Å². The monoisotopic (exact) mass is 480 g/mol. The Morgan fingerprint density at radius 3 is 2.76 bits per heavy atom. The number of aryl methyl sites for hydroxylation is 1. The lowest BCUT2D eigenvalue weighted by atomic mass is 10.1. The van der Waals surface area contributed by atoms with E-state index in [9.17, 15) is 14.9 Å². The fourth-order valence-corrected chi connectivity index (χ4v) is 4.59. The van der Waals surface area contributed by atoms with Crippen LogP contribution in [0.2, 0.25) is 5.15 Å². The molecule has 3 aromatic rings. The maximum Gasteiger partial charge on any atom is 0.269 e. The summed E-state index contributed by atoms with van der Waals surface area (Å²) < 4.78 is 7.19. The Morgan fingerprint density at radius 2 is 2.06 bits per heavy atom. The summed E-state index contributed by atoms with van der Waals surface area (Å²) in [5.74, 6) is -0.418. The lowest BCUT2D eigenvalue weighted by molar-refractivity contribution is 0.0958. The third kappa shape index (κ3) is 4.42. The van der Waals surface area contributed by atoms with Gasteiger partial charge in [-0.3, -0.25) is 9.59 Å². The molecule has 0 aliphatic heterocycles. The van der Waals surface area contributed by atoms with Gasteiger partial charge >= 0.3 is 0 Å². The van der Waals surface area contributed by atoms with Crippen LogP contribution in [0.5, 0.6) is 0 Å². The number of ether oxygens (including phenoxy) is 1. The molecule has 1 saturated carbocycles. The standard InChI is InChI=1S/C24H25ClN6O3/c1-27-24(33)19-10-17(15(12-26)23(25)30-19)28-13-7-8-20-14(9-13)18(11-22(32)31(20)2)29-16-5-4-6-21(16)34-3/h7-11,16,21,29H,4-6H2,1-3H3,(H,27,33)(H,28,30)/t16-,21+/m0/s1. The number of methoxy groups -OCH3 is 1. The van der Waals surface area contributed by atoms with Crippen LogP contribution < -0.4 is 21.5 Å². The summed E-state index contributed by atoms with van der Waals surface area (Å²) in [6.45, 7) is 0. The third-order valence-electron chi connectivity index (χ3n) is 6.17. The van der Waals surface area contributed by atoms with Crippen LogP contribution in [0.15, 0.2) is 35.1 Å². The molecule has 2 heterocycles. The molecular formula is C24H25ClN6O3. The topological polar surface area (TPSA) is 121 Å². The molecule has 1 amide bonds. The average Bonchev–Trinajstić information content (AvgIpc) is 3.28. The van der Waals surface area contributed by atoms with E-state index >= 15 is 0 Å². The van der Waals surface area contributed by atoms with Gasteiger partial charge in [0.25, 0.3) is 11.5 Å². The van der Waals surface area contributed by atoms with Gasteiger partial charge in [0.1, 0.15) is 22.5 Å². The number of nitriles is 1. The van der Waals surface area contributed by atoms with E-state index < -0.39 is 5.91 Å². The number of carbonyl (C=O) groups excluding carboxylic acids is 1. The molecule has 2 aromatic heterocycles. The number of amides is 1. The molecule has 0 saturated heterocycles. The van der Waals surface area contributed by atoms with E-state index in [0.29, 0.717) is 11.4 Å². The molecular weight excluding hydrogens is 456 g/mol. The molecule has 1 aliphatic rings. The van der Waals surface area contributed by atoms with E-state index in [4.69, 9.17) is 16.3 Å². The van der Waals surface area contributed by atoms with E-state index in [1.54, 1.807) is 30.9 Å². The van der Waals surface area contributed by atoms with Gasteiger partial charge in [-0.15, -0.1) is 0 Å². The smallest absolute Gasteiger partial charge is 0.269 e. The number of carbonyl (C=O) groups is 1. The quantitative estimate of drug-likeness (QED) is 0.461. The van der Waals surface area contributed by atoms with E-state index in [2.05, 4.69) is 20.9 Å². The molecule has 2 atom stereocenters. The molecule has 0 bridgehead atoms. The summed E-state index contributed by atoms with van der Waals surface area (Å²) in [6.07, 6.45) is 3.06. The molecule has 10 heteroatoms. The summed E-state index contributed by atoms with van der Waals surface area (Å²) in [5.41, 5.74) is 2.58. The molecule has 1 fully saturated rings. The van der Waals surface area contributed by atoms with Crippen molar-refractivity contribution >= 4 is 45.5 Å². The second-order valence-corrected chi connectivity index (χ2v) is 8.54. The van der Waals surface area contributed by atoms with Crippen LogP contribution in [0.3, 0.4) is 0 Å². The Morgan fingerprint density at radius 1 is 1.26 bits per heavy atom. The van der Waals surface area contributed by atoms with Gasteiger partial charge in [-0.05, 0) is 43.5 Å². The van der Waals surface area contributed by atoms with Crippen LogP contribution in [0.4, 0.5) is 17.1 Å². The van der Waals surface area contributed by atoms with Crippen molar-refractivity contribution in [1.82, 2.24) is 14.9 Å². The number of hydrogen-bond donors (Lipinski definition) is 3. The predicted molar refractivity (Wildman–Crippen MR) is 132 cm³/mol. The highest BCUT2D eigenvalue weighted by Gasteiger charge is 2.27. The van der Waals surface area contributed by atoms with Crippen LogP contribution in [0.1, 0.15) is 35.3 Å². The van der Waals surface area contributed by atoms with Crippen molar-refractivity contribution in [3.05, 3.63) is 57.1 Å². The van der Waals surface area contributed by atoms with E-state index in [1.165, 1.54) is 13.1 Å². The first kappa shape index (κ1) is 23.5. The lowest BCUT2D eigenvalue weighted by Gasteiger charge is -2.22. The van der Waals surface area contributed by atoms with Crippen LogP contribution in [0, 0.1) is 11.3 Å². The van der Waals surface area contributed by atoms with Gasteiger partial charge in [0, 0.05) is 44.0 Å². The number of benzene rings is 1. The van der Waals surface area contributed by atoms with E-state index in [0.717, 1.165) is 35.9 Å². The molecule has 0 unspecified atom stereocenters. The molecule has 9 nitrogen and oxygen atoms in total. The lowest BCUT2D eigenvalue weighted by Crippen LogP contribution is -2.30. The fraction of sp³-hybridized carbons (Fsp3) is 0.333. The van der Waals surface area contributed by atoms with Gasteiger partial charge in [-0.2, -0.15) is 5.26 Å². The number of fused-ring (bicyclic) bond motifs is 1. The van der Waals surface area contributed by atoms with Crippen molar-refractivity contribution in [1.29, 1.82) is 5.26 Å². The third-order valence-corrected chi connectivity index (χ3v) is 6.44. The highest BCUT2D eigenvalue weighted by molar-refractivity contribution is 6.31. The molecule has 1 aromatic carbocycles. The minimum atomic E-state index is -0.418. The van der Waals surface area contributed by atoms with E-state index in [1.807, 2.05) is 18.2 Å². The van der Waals surface area contributed by atoms with Crippen molar-refractivity contribution in [2.75, 3.05) is 24.8 Å². The Hall–Kier alpha value is -3.61. The second kappa shape index (κ2) is 9.71. The average molecular weight is 481 g/mol. The number of aromatic nitrogens is 2. The van der Waals surface area contributed by atoms with Crippen molar-refractivity contribution in [2.45, 2.75) is 31.4 Å². The number of rotatable bonds is 6. The first-order chi connectivity index (χ1) is 16.4. The predicted octanol–water partition coefficient (Wildman–Crippen LogP) is 3.54. The molecule has 0 spiro atoms. The van der Waals surface area contributed by atoms with Crippen molar-refractivity contribution in [3.8, 4) is 6.07 Å². The molecule has 0 radical (unpaired) electrons. The summed E-state index contributed by atoms with van der Waals surface area (Å²) in [4.78, 5) is 28.7. The molecule has 4 rings (SSSR count). The zero-order valence-electron chi connectivity index (χ0n) is 19.1. The maximum absolute atomic E-state index is 12.6. The Kier molecular flexibility index (Phi) is 6.72. The van der Waals surface area contributed by atoms with Crippen molar-refractivity contribution in [3.63, 3.8) is 0 Å². The molecule has 1 aliphatic carbocycles. The number of hydrogen-bond acceptors (Lipinski definition) is 7. The molecule has 176 valence electrons. The number of halogens is 1. The van der Waals surface area contributed by atoms with Crippen LogP contribution in [-0.2, 0) is 11.8 Å². The number of pyridine rings is 2. The van der Waals surface area contributed by atoms with Gasteiger partial charge in [0.15, 0.2) is 0 Å². The minimum Gasteiger partial charge on any atom is -0.379 e. The van der Waals surface area contributed by atoms with Gasteiger partial charge < -0.3 is 25.3 Å². The first-order valence-corrected chi connectivity index (χ1v) is 11.3. The fourth-order valence-electron chi connectivity index (χ4n) is 4.35. The van der Waals surface area contributed by atoms with Crippen LogP contribution in [-0.4, -0.2) is 41.8 Å². The zero-order chi connectivity index (χ0) is 24.4. The zero-order valence-corrected chi connectivity index (χ0v) is 19.9. The summed E-state index contributed by atoms with van der Waals surface area (Å²) in [7, 11) is 4.92. The maximum atomic E-state index is 12.6. The number of anilines is 3. The van der Waals surface area contributed by atoms with Gasteiger partial charge in [0.05, 0.1) is 23.3 Å². The Labute approximate surface area is 201 Å². The highest BCUT2D eigenvalue weighted by atomic mass is 35.5. The second-order valence-electron chi connectivity index (χ2n) is 8.18. The first-order valence-electron chi connectivity index (χ1n) is 10.9. The minimum absolute atomic E-state index is 0.0662. The SMILES string of the molecule is CNC(=O)c1cc(Nc2ccc3c(c2)c(N[C@H]2CCC[C@H]2OC)cc(=O)n3C)c(C#N)c(Cl)n1. The van der Waals surface area contributed by atoms with Gasteiger partial charge in [-0.25, -0.2) is 4.98 Å². The molecule has 34 heavy (non-hydrogen) atoms.